The van der Waals surface area contributed by atoms with Gasteiger partial charge in [-0.1, -0.05) is 34.1 Å². The van der Waals surface area contributed by atoms with Gasteiger partial charge in [0.05, 0.1) is 30.7 Å². The smallest absolute Gasteiger partial charge is 0.408 e. The fourth-order valence-electron chi connectivity index (χ4n) is 7.94. The minimum Gasteiger partial charge on any atom is -0.497 e. The maximum atomic E-state index is 16.1. The van der Waals surface area contributed by atoms with Gasteiger partial charge in [-0.3, -0.25) is 9.59 Å². The van der Waals surface area contributed by atoms with E-state index in [1.54, 1.807) is 39.8 Å². The summed E-state index contributed by atoms with van der Waals surface area (Å²) in [5, 5.41) is 2.66. The van der Waals surface area contributed by atoms with Crippen molar-refractivity contribution in [3.8, 4) is 11.6 Å². The summed E-state index contributed by atoms with van der Waals surface area (Å²) in [6, 6.07) is 2.48. The highest BCUT2D eigenvalue weighted by Crippen LogP contribution is 2.68. The van der Waals surface area contributed by atoms with Crippen LogP contribution in [0.3, 0.4) is 0 Å². The standard InChI is InChI=1S/C34H42F4N4O6/c1-16-24-15-42(26(16)17(2)43)30(44)28(32(3,4)5)41-31(45)48-23-14-20-25(34(20,37)38)19(23)9-7-8-12-33(35,36)27-29(47-24)40-22-13-18(46-6)10-11-21(22)39-27/h10-11,13,16,19-20,23-26,28H,7-9,12,14-15H2,1-6H3,(H,41,45)/t16-,19+,20?,23-,24+,25?,26+,28-/m1/s1. The molecule has 2 amide bonds. The molecule has 262 valence electrons. The monoisotopic (exact) mass is 678 g/mol. The van der Waals surface area contributed by atoms with E-state index in [0.717, 1.165) is 0 Å². The van der Waals surface area contributed by atoms with Gasteiger partial charge >= 0.3 is 6.09 Å². The molecule has 2 unspecified atom stereocenters. The summed E-state index contributed by atoms with van der Waals surface area (Å²) in [6.07, 6.45) is -3.07. The minimum atomic E-state index is -3.52. The number of halogens is 4. The average molecular weight is 679 g/mol. The topological polar surface area (TPSA) is 120 Å². The molecule has 3 heterocycles. The fourth-order valence-corrected chi connectivity index (χ4v) is 7.94. The lowest BCUT2D eigenvalue weighted by Gasteiger charge is -2.35. The Morgan fingerprint density at radius 1 is 1.06 bits per heavy atom. The molecule has 2 bridgehead atoms. The zero-order valence-electron chi connectivity index (χ0n) is 27.9. The Kier molecular flexibility index (Phi) is 8.55. The molecule has 0 spiro atoms. The molecule has 6 rings (SSSR count). The third-order valence-corrected chi connectivity index (χ3v) is 10.5. The summed E-state index contributed by atoms with van der Waals surface area (Å²) in [6.45, 7) is 8.07. The van der Waals surface area contributed by atoms with Gasteiger partial charge in [-0.25, -0.2) is 23.5 Å². The Hall–Kier alpha value is -3.71. The first kappa shape index (κ1) is 34.2. The molecule has 10 nitrogen and oxygen atoms in total. The number of ketones is 1. The quantitative estimate of drug-likeness (QED) is 0.390. The van der Waals surface area contributed by atoms with Gasteiger partial charge in [-0.2, -0.15) is 8.78 Å². The van der Waals surface area contributed by atoms with Crippen molar-refractivity contribution in [1.29, 1.82) is 0 Å². The molecule has 1 aromatic carbocycles. The molecule has 48 heavy (non-hydrogen) atoms. The van der Waals surface area contributed by atoms with Crippen LogP contribution in [0.25, 0.3) is 11.0 Å². The van der Waals surface area contributed by atoms with Crippen LogP contribution in [0.1, 0.15) is 72.4 Å². The van der Waals surface area contributed by atoms with Crippen LogP contribution in [-0.2, 0) is 20.2 Å². The van der Waals surface area contributed by atoms with Gasteiger partial charge in [-0.15, -0.1) is 0 Å². The number of carbonyl (C=O) groups is 3. The zero-order valence-corrected chi connectivity index (χ0v) is 27.9. The van der Waals surface area contributed by atoms with Gasteiger partial charge < -0.3 is 24.4 Å². The summed E-state index contributed by atoms with van der Waals surface area (Å²) in [4.78, 5) is 50.5. The number of hydrogen-bond donors (Lipinski definition) is 1. The molecule has 1 aromatic heterocycles. The SMILES string of the molecule is COc1ccc2nc3c(nc2c1)O[C@H]1CN(C(=O)[C@H](C(C)(C)C)NC(=O)O[C@@H]2CC4C([C@H]2CCCCC3(F)F)C4(F)F)[C@H](C(C)=O)[C@@H]1C. The Balaban J connectivity index is 1.41. The van der Waals surface area contributed by atoms with Gasteiger partial charge in [0, 0.05) is 36.2 Å². The van der Waals surface area contributed by atoms with Crippen LogP contribution in [0, 0.1) is 29.1 Å². The van der Waals surface area contributed by atoms with Crippen molar-refractivity contribution in [2.75, 3.05) is 13.7 Å². The first-order valence-corrected chi connectivity index (χ1v) is 16.5. The molecule has 2 saturated carbocycles. The third-order valence-electron chi connectivity index (χ3n) is 10.5. The second kappa shape index (κ2) is 12.0. The van der Waals surface area contributed by atoms with Crippen LogP contribution < -0.4 is 14.8 Å². The highest BCUT2D eigenvalue weighted by molar-refractivity contribution is 5.92. The fraction of sp³-hybridized carbons (Fsp3) is 0.676. The normalized spacial score (nSPS) is 33.2. The van der Waals surface area contributed by atoms with Gasteiger partial charge in [0.2, 0.25) is 11.8 Å². The number of alkyl halides is 4. The first-order valence-electron chi connectivity index (χ1n) is 16.5. The maximum Gasteiger partial charge on any atom is 0.408 e. The number of nitrogens with one attached hydrogen (secondary N) is 1. The van der Waals surface area contributed by atoms with Gasteiger partial charge in [0.15, 0.2) is 11.5 Å². The molecule has 8 atom stereocenters. The number of hydrogen-bond acceptors (Lipinski definition) is 8. The zero-order chi connectivity index (χ0) is 34.9. The predicted molar refractivity (Wildman–Crippen MR) is 165 cm³/mol. The van der Waals surface area contributed by atoms with Crippen LogP contribution in [0.5, 0.6) is 11.6 Å². The van der Waals surface area contributed by atoms with Crippen LogP contribution in [-0.4, -0.2) is 76.5 Å². The lowest BCUT2D eigenvalue weighted by molar-refractivity contribution is -0.141. The molecule has 1 N–H and O–H groups in total. The van der Waals surface area contributed by atoms with Crippen LogP contribution in [0.2, 0.25) is 0 Å². The summed E-state index contributed by atoms with van der Waals surface area (Å²) in [5.41, 5.74) is -1.11. The molecular formula is C34H42F4N4O6. The molecule has 2 aliphatic heterocycles. The van der Waals surface area contributed by atoms with Crippen LogP contribution >= 0.6 is 0 Å². The van der Waals surface area contributed by atoms with E-state index in [0.29, 0.717) is 5.75 Å². The van der Waals surface area contributed by atoms with Gasteiger partial charge in [0.1, 0.15) is 24.0 Å². The highest BCUT2D eigenvalue weighted by atomic mass is 19.3. The molecule has 1 saturated heterocycles. The number of fused-ring (bicyclic) bond motifs is 7. The van der Waals surface area contributed by atoms with Crippen LogP contribution in [0.4, 0.5) is 22.4 Å². The van der Waals surface area contributed by atoms with E-state index in [1.807, 2.05) is 0 Å². The van der Waals surface area contributed by atoms with E-state index in [4.69, 9.17) is 14.2 Å². The minimum absolute atomic E-state index is 0.0201. The molecular weight excluding hydrogens is 636 g/mol. The number of methoxy groups -OCH3 is 1. The second-order valence-corrected chi connectivity index (χ2v) is 14.8. The Morgan fingerprint density at radius 2 is 1.79 bits per heavy atom. The number of rotatable bonds is 2. The summed E-state index contributed by atoms with van der Waals surface area (Å²) in [5.74, 6) is -10.7. The number of alkyl carbamates (subject to hydrolysis) is 1. The molecule has 2 aromatic rings. The first-order chi connectivity index (χ1) is 22.4. The van der Waals surface area contributed by atoms with Crippen molar-refractivity contribution >= 4 is 28.8 Å². The van der Waals surface area contributed by atoms with Crippen molar-refractivity contribution in [2.24, 2.45) is 29.1 Å². The van der Waals surface area contributed by atoms with Crippen molar-refractivity contribution in [2.45, 2.75) is 103 Å². The molecule has 14 heteroatoms. The largest absolute Gasteiger partial charge is 0.497 e. The predicted octanol–water partition coefficient (Wildman–Crippen LogP) is 5.90. The Labute approximate surface area is 276 Å². The summed E-state index contributed by atoms with van der Waals surface area (Å²) >= 11 is 0. The summed E-state index contributed by atoms with van der Waals surface area (Å²) in [7, 11) is 1.46. The lowest BCUT2D eigenvalue weighted by Crippen LogP contribution is -2.57. The van der Waals surface area contributed by atoms with Crippen molar-refractivity contribution in [3.63, 3.8) is 0 Å². The molecule has 2 aliphatic carbocycles. The maximum absolute atomic E-state index is 16.1. The Bertz CT molecular complexity index is 1620. The van der Waals surface area contributed by atoms with E-state index < -0.39 is 95.2 Å². The molecule has 0 radical (unpaired) electrons. The number of amides is 2. The van der Waals surface area contributed by atoms with E-state index in [-0.39, 0.29) is 49.0 Å². The molecule has 3 fully saturated rings. The van der Waals surface area contributed by atoms with E-state index in [9.17, 15) is 23.2 Å². The average Bonchev–Trinajstić information content (AvgIpc) is 3.25. The van der Waals surface area contributed by atoms with E-state index >= 15 is 8.78 Å². The van der Waals surface area contributed by atoms with Crippen molar-refractivity contribution in [3.05, 3.63) is 23.9 Å². The number of nitrogens with zero attached hydrogens (tertiary/aromatic N) is 3. The number of Topliss-reactive ketones (excluding diaryl/α,β-unsaturated/α-hetero) is 1. The lowest BCUT2D eigenvalue weighted by atomic mass is 9.85. The number of carbonyl (C=O) groups excluding carboxylic acids is 3. The Morgan fingerprint density at radius 3 is 2.46 bits per heavy atom. The van der Waals surface area contributed by atoms with Gasteiger partial charge in [-0.05, 0) is 43.7 Å². The molecule has 4 aliphatic rings. The van der Waals surface area contributed by atoms with E-state index in [1.165, 1.54) is 25.0 Å². The van der Waals surface area contributed by atoms with Crippen molar-refractivity contribution < 1.29 is 46.2 Å². The van der Waals surface area contributed by atoms with Crippen LogP contribution in [0.15, 0.2) is 18.2 Å². The number of benzene rings is 1. The van der Waals surface area contributed by atoms with E-state index in [2.05, 4.69) is 15.3 Å². The summed E-state index contributed by atoms with van der Waals surface area (Å²) < 4.78 is 78.4. The van der Waals surface area contributed by atoms with Crippen molar-refractivity contribution in [1.82, 2.24) is 20.2 Å². The van der Waals surface area contributed by atoms with Gasteiger partial charge in [0.25, 0.3) is 11.8 Å². The second-order valence-electron chi connectivity index (χ2n) is 14.8. The number of ether oxygens (including phenoxy) is 3. The third kappa shape index (κ3) is 6.04. The number of aromatic nitrogens is 2. The highest BCUT2D eigenvalue weighted by Gasteiger charge is 2.76.